The summed E-state index contributed by atoms with van der Waals surface area (Å²) in [5.41, 5.74) is 1.70. The molecule has 3 aromatic rings. The van der Waals surface area contributed by atoms with Crippen LogP contribution in [0.25, 0.3) is 0 Å². The zero-order valence-corrected chi connectivity index (χ0v) is 23.6. The minimum absolute atomic E-state index is 0.0178. The molecule has 0 radical (unpaired) electrons. The van der Waals surface area contributed by atoms with Gasteiger partial charge in [0.05, 0.1) is 11.9 Å². The van der Waals surface area contributed by atoms with Crippen molar-refractivity contribution in [2.24, 2.45) is 0 Å². The zero-order valence-electron chi connectivity index (χ0n) is 22.0. The summed E-state index contributed by atoms with van der Waals surface area (Å²) in [7, 11) is -3.87. The van der Waals surface area contributed by atoms with E-state index in [1.807, 2.05) is 37.3 Å². The predicted octanol–water partition coefficient (Wildman–Crippen LogP) is 4.80. The molecule has 0 saturated heterocycles. The molecule has 0 aliphatic rings. The van der Waals surface area contributed by atoms with Crippen LogP contribution in [0.2, 0.25) is 5.02 Å². The van der Waals surface area contributed by atoms with E-state index in [4.69, 9.17) is 11.6 Å². The molecule has 0 heterocycles. The van der Waals surface area contributed by atoms with E-state index in [2.05, 4.69) is 5.32 Å². The van der Waals surface area contributed by atoms with Gasteiger partial charge in [0.1, 0.15) is 18.4 Å². The van der Waals surface area contributed by atoms with E-state index in [0.717, 1.165) is 29.0 Å². The summed E-state index contributed by atoms with van der Waals surface area (Å²) in [6, 6.07) is 20.1. The molecule has 3 aromatic carbocycles. The van der Waals surface area contributed by atoms with E-state index in [0.29, 0.717) is 17.1 Å². The first-order valence-electron chi connectivity index (χ1n) is 12.7. The van der Waals surface area contributed by atoms with E-state index in [-0.39, 0.29) is 24.6 Å². The highest BCUT2D eigenvalue weighted by Crippen LogP contribution is 2.22. The Morgan fingerprint density at radius 1 is 0.949 bits per heavy atom. The third kappa shape index (κ3) is 9.07. The Bertz CT molecular complexity index is 1340. The molecule has 208 valence electrons. The van der Waals surface area contributed by atoms with Crippen molar-refractivity contribution in [2.75, 3.05) is 23.7 Å². The summed E-state index contributed by atoms with van der Waals surface area (Å²) in [6.45, 7) is 1.90. The molecule has 3 rings (SSSR count). The van der Waals surface area contributed by atoms with Gasteiger partial charge in [-0.15, -0.1) is 0 Å². The van der Waals surface area contributed by atoms with Gasteiger partial charge in [0.2, 0.25) is 21.8 Å². The molecule has 0 unspecified atom stereocenters. The Hall–Kier alpha value is -3.43. The van der Waals surface area contributed by atoms with Crippen molar-refractivity contribution in [1.29, 1.82) is 0 Å². The van der Waals surface area contributed by atoms with Crippen LogP contribution in [0.5, 0.6) is 0 Å². The lowest BCUT2D eigenvalue weighted by Gasteiger charge is -2.33. The van der Waals surface area contributed by atoms with Gasteiger partial charge in [-0.2, -0.15) is 0 Å². The number of nitrogens with one attached hydrogen (secondary N) is 1. The number of rotatable bonds is 13. The molecular weight excluding hydrogens is 541 g/mol. The van der Waals surface area contributed by atoms with Crippen LogP contribution in [0.15, 0.2) is 78.9 Å². The molecule has 7 nitrogen and oxygen atoms in total. The monoisotopic (exact) mass is 573 g/mol. The highest BCUT2D eigenvalue weighted by atomic mass is 35.5. The normalized spacial score (nSPS) is 12.0. The third-order valence-electron chi connectivity index (χ3n) is 6.16. The number of halogens is 2. The second-order valence-electron chi connectivity index (χ2n) is 9.24. The molecule has 0 bridgehead atoms. The Labute approximate surface area is 234 Å². The van der Waals surface area contributed by atoms with Gasteiger partial charge in [-0.25, -0.2) is 12.8 Å². The predicted molar refractivity (Wildman–Crippen MR) is 152 cm³/mol. The maximum atomic E-state index is 13.9. The van der Waals surface area contributed by atoms with Crippen molar-refractivity contribution in [3.8, 4) is 0 Å². The average molecular weight is 574 g/mol. The van der Waals surface area contributed by atoms with Crippen molar-refractivity contribution < 1.29 is 22.4 Å². The highest BCUT2D eigenvalue weighted by molar-refractivity contribution is 7.92. The fourth-order valence-electron chi connectivity index (χ4n) is 4.07. The van der Waals surface area contributed by atoms with Crippen LogP contribution < -0.4 is 9.62 Å². The number of hydrogen-bond donors (Lipinski definition) is 1. The Morgan fingerprint density at radius 3 is 2.18 bits per heavy atom. The number of carbonyl (C=O) groups excluding carboxylic acids is 2. The molecule has 1 atom stereocenters. The SMILES string of the molecule is CCCCNC(=O)[C@@H](Cc1ccccc1)N(Cc1ccc(F)cc1)C(=O)CN(c1ccc(Cl)cc1)S(C)(=O)=O. The minimum atomic E-state index is -3.87. The van der Waals surface area contributed by atoms with Crippen molar-refractivity contribution >= 4 is 39.1 Å². The summed E-state index contributed by atoms with van der Waals surface area (Å²) < 4.78 is 40.1. The second kappa shape index (κ2) is 14.1. The fraction of sp³-hybridized carbons (Fsp3) is 0.310. The largest absolute Gasteiger partial charge is 0.354 e. The van der Waals surface area contributed by atoms with Gasteiger partial charge >= 0.3 is 0 Å². The van der Waals surface area contributed by atoms with Gasteiger partial charge in [0, 0.05) is 24.5 Å². The summed E-state index contributed by atoms with van der Waals surface area (Å²) in [5.74, 6) is -1.35. The van der Waals surface area contributed by atoms with Gasteiger partial charge in [0.15, 0.2) is 0 Å². The number of benzene rings is 3. The van der Waals surface area contributed by atoms with E-state index >= 15 is 0 Å². The quantitative estimate of drug-likeness (QED) is 0.298. The summed E-state index contributed by atoms with van der Waals surface area (Å²) >= 11 is 5.98. The van der Waals surface area contributed by atoms with Gasteiger partial charge in [-0.1, -0.05) is 67.4 Å². The fourth-order valence-corrected chi connectivity index (χ4v) is 5.04. The molecule has 2 amide bonds. The minimum Gasteiger partial charge on any atom is -0.354 e. The van der Waals surface area contributed by atoms with Crippen LogP contribution in [0, 0.1) is 5.82 Å². The molecule has 10 heteroatoms. The van der Waals surface area contributed by atoms with Gasteiger partial charge in [-0.3, -0.25) is 13.9 Å². The molecule has 39 heavy (non-hydrogen) atoms. The topological polar surface area (TPSA) is 86.8 Å². The Kier molecular flexibility index (Phi) is 10.9. The summed E-state index contributed by atoms with van der Waals surface area (Å²) in [6.07, 6.45) is 2.88. The third-order valence-corrected chi connectivity index (χ3v) is 7.55. The number of nitrogens with zero attached hydrogens (tertiary/aromatic N) is 2. The van der Waals surface area contributed by atoms with Crippen molar-refractivity contribution in [3.63, 3.8) is 0 Å². The summed E-state index contributed by atoms with van der Waals surface area (Å²) in [4.78, 5) is 28.8. The number of unbranched alkanes of at least 4 members (excludes halogenated alkanes) is 1. The van der Waals surface area contributed by atoms with Crippen molar-refractivity contribution in [3.05, 3.63) is 101 Å². The Balaban J connectivity index is 2.01. The van der Waals surface area contributed by atoms with E-state index in [9.17, 15) is 22.4 Å². The standard InChI is InChI=1S/C29H33ClFN3O4S/c1-3-4-18-32-29(36)27(19-22-8-6-5-7-9-22)33(20-23-10-14-25(31)15-11-23)28(35)21-34(39(2,37)38)26-16-12-24(30)13-17-26/h5-17,27H,3-4,18-21H2,1-2H3,(H,32,36)/t27-/m1/s1. The molecule has 0 aromatic heterocycles. The van der Waals surface area contributed by atoms with Crippen LogP contribution in [0.4, 0.5) is 10.1 Å². The molecule has 1 N–H and O–H groups in total. The van der Waals surface area contributed by atoms with Gasteiger partial charge in [-0.05, 0) is 53.9 Å². The lowest BCUT2D eigenvalue weighted by atomic mass is 10.0. The van der Waals surface area contributed by atoms with Crippen LogP contribution >= 0.6 is 11.6 Å². The van der Waals surface area contributed by atoms with Crippen molar-refractivity contribution in [1.82, 2.24) is 10.2 Å². The first kappa shape index (κ1) is 30.1. The Morgan fingerprint density at radius 2 is 1.59 bits per heavy atom. The molecule has 0 aliphatic carbocycles. The molecule has 0 fully saturated rings. The number of carbonyl (C=O) groups is 2. The van der Waals surface area contributed by atoms with E-state index in [1.54, 1.807) is 0 Å². The number of amides is 2. The van der Waals surface area contributed by atoms with E-state index < -0.39 is 34.3 Å². The average Bonchev–Trinajstić information content (AvgIpc) is 2.91. The van der Waals surface area contributed by atoms with Gasteiger partial charge < -0.3 is 10.2 Å². The van der Waals surface area contributed by atoms with Crippen LogP contribution in [0.1, 0.15) is 30.9 Å². The van der Waals surface area contributed by atoms with Crippen LogP contribution in [0.3, 0.4) is 0 Å². The van der Waals surface area contributed by atoms with Gasteiger partial charge in [0.25, 0.3) is 0 Å². The number of sulfonamides is 1. The first-order valence-corrected chi connectivity index (χ1v) is 14.9. The molecular formula is C29H33ClFN3O4S. The highest BCUT2D eigenvalue weighted by Gasteiger charge is 2.33. The van der Waals surface area contributed by atoms with E-state index in [1.165, 1.54) is 53.4 Å². The second-order valence-corrected chi connectivity index (χ2v) is 11.6. The molecule has 0 aliphatic heterocycles. The smallest absolute Gasteiger partial charge is 0.244 e. The maximum Gasteiger partial charge on any atom is 0.244 e. The maximum absolute atomic E-state index is 13.9. The summed E-state index contributed by atoms with van der Waals surface area (Å²) in [5, 5.41) is 3.34. The zero-order chi connectivity index (χ0) is 28.4. The first-order chi connectivity index (χ1) is 18.6. The lowest BCUT2D eigenvalue weighted by Crippen LogP contribution is -2.53. The molecule has 0 spiro atoms. The van der Waals surface area contributed by atoms with Crippen molar-refractivity contribution in [2.45, 2.75) is 38.8 Å². The number of hydrogen-bond acceptors (Lipinski definition) is 4. The van der Waals surface area contributed by atoms with Crippen LogP contribution in [-0.4, -0.2) is 50.5 Å². The van der Waals surface area contributed by atoms with Crippen LogP contribution in [-0.2, 0) is 32.6 Å². The molecule has 0 saturated carbocycles. The lowest BCUT2D eigenvalue weighted by molar-refractivity contribution is -0.140. The number of anilines is 1.